The molecule has 0 N–H and O–H groups in total. The Kier molecular flexibility index (Phi) is 9.47. The van der Waals surface area contributed by atoms with Crippen LogP contribution in [-0.2, 0) is 34.8 Å². The summed E-state index contributed by atoms with van der Waals surface area (Å²) in [5.74, 6) is -8.74. The molecule has 6 nitrogen and oxygen atoms in total. The van der Waals surface area contributed by atoms with Gasteiger partial charge in [0.1, 0.15) is 18.0 Å². The van der Waals surface area contributed by atoms with Crippen LogP contribution in [0.1, 0.15) is 13.3 Å². The number of fused-ring (bicyclic) bond motifs is 1. The predicted molar refractivity (Wildman–Crippen MR) is 175 cm³/mol. The van der Waals surface area contributed by atoms with Gasteiger partial charge in [0.15, 0.2) is 14.7 Å². The van der Waals surface area contributed by atoms with Gasteiger partial charge in [-0.3, -0.25) is 9.59 Å². The number of esters is 3. The molecule has 3 fully saturated rings. The Morgan fingerprint density at radius 2 is 1.30 bits per heavy atom. The van der Waals surface area contributed by atoms with E-state index in [2.05, 4.69) is 114 Å². The van der Waals surface area contributed by atoms with Gasteiger partial charge in [0.05, 0.1) is 22.7 Å². The van der Waals surface area contributed by atoms with Crippen molar-refractivity contribution in [3.05, 3.63) is 119 Å². The van der Waals surface area contributed by atoms with Crippen molar-refractivity contribution >= 4 is 51.4 Å². The molecule has 236 valence electrons. The monoisotopic (exact) mass is 755 g/mol. The van der Waals surface area contributed by atoms with Gasteiger partial charge in [-0.2, -0.15) is 8.78 Å². The van der Waals surface area contributed by atoms with Crippen molar-refractivity contribution in [3.63, 3.8) is 0 Å². The van der Waals surface area contributed by atoms with Crippen LogP contribution < -0.4 is 4.74 Å². The number of carbonyl (C=O) groups is 3. The van der Waals surface area contributed by atoms with Crippen LogP contribution in [0.3, 0.4) is 0 Å². The molecule has 6 unspecified atom stereocenters. The fourth-order valence-electron chi connectivity index (χ4n) is 6.46. The summed E-state index contributed by atoms with van der Waals surface area (Å²) in [5.41, 5.74) is 0. The summed E-state index contributed by atoms with van der Waals surface area (Å²) in [7, 11) is -0.0146. The van der Waals surface area contributed by atoms with Crippen molar-refractivity contribution in [2.75, 3.05) is 0 Å². The number of rotatable bonds is 7. The first-order chi connectivity index (χ1) is 22.1. The predicted octanol–water partition coefficient (Wildman–Crippen LogP) is 7.35. The van der Waals surface area contributed by atoms with E-state index in [1.807, 2.05) is 0 Å². The van der Waals surface area contributed by atoms with Crippen molar-refractivity contribution in [2.45, 2.75) is 46.2 Å². The summed E-state index contributed by atoms with van der Waals surface area (Å²) < 4.78 is 43.0. The fraction of sp³-hybridized carbons (Fsp3) is 0.250. The van der Waals surface area contributed by atoms with Crippen LogP contribution in [0.15, 0.2) is 130 Å². The molecule has 4 aromatic carbocycles. The van der Waals surface area contributed by atoms with E-state index in [0.717, 1.165) is 3.57 Å². The Morgan fingerprint density at radius 1 is 0.804 bits per heavy atom. The highest BCUT2D eigenvalue weighted by atomic mass is 127. The zero-order valence-electron chi connectivity index (χ0n) is 24.6. The molecule has 1 aliphatic heterocycles. The van der Waals surface area contributed by atoms with Crippen LogP contribution in [0.5, 0.6) is 5.75 Å². The van der Waals surface area contributed by atoms with Gasteiger partial charge < -0.3 is 14.2 Å². The van der Waals surface area contributed by atoms with E-state index in [1.54, 1.807) is 24.3 Å². The first kappa shape index (κ1) is 32.2. The molecule has 3 aliphatic rings. The molecule has 0 aromatic heterocycles. The lowest BCUT2D eigenvalue weighted by Crippen LogP contribution is -2.46. The molecule has 1 saturated heterocycles. The SMILES string of the molecule is CC(F)(F)C(=O)OC1C2CC3C1OC(=O)C3C2C(=O)Oc1ccc(I)cc1.c1ccc([S+](c2ccccc2)c2ccccc2)cc1. The molecular weight excluding hydrogens is 725 g/mol. The number of ether oxygens (including phenoxy) is 3. The van der Waals surface area contributed by atoms with Crippen molar-refractivity contribution in [3.8, 4) is 5.75 Å². The van der Waals surface area contributed by atoms with E-state index in [9.17, 15) is 23.2 Å². The standard InChI is InChI=1S/C18H15F2IO6.C18H15S/c1-18(19,20)17(24)27-14-10-6-9-12(16(23)26-13(9)14)11(10)15(22)25-8-4-2-7(21)3-5-8;1-4-10-16(11-5-1)19(17-12-6-2-7-13-17)18-14-8-3-9-15-18/h2-5,9-14H,6H2,1H3;1-15H/q;+1. The normalized spacial score (nSPS) is 24.2. The summed E-state index contributed by atoms with van der Waals surface area (Å²) in [5, 5.41) is 0. The molecule has 0 spiro atoms. The highest BCUT2D eigenvalue weighted by Crippen LogP contribution is 2.59. The van der Waals surface area contributed by atoms with Crippen molar-refractivity contribution < 1.29 is 37.4 Å². The Bertz CT molecular complexity index is 1590. The Labute approximate surface area is 281 Å². The summed E-state index contributed by atoms with van der Waals surface area (Å²) in [6, 6.07) is 38.9. The quantitative estimate of drug-likeness (QED) is 0.0850. The first-order valence-electron chi connectivity index (χ1n) is 14.8. The topological polar surface area (TPSA) is 78.9 Å². The molecule has 2 aliphatic carbocycles. The van der Waals surface area contributed by atoms with Crippen molar-refractivity contribution in [1.82, 2.24) is 0 Å². The highest BCUT2D eigenvalue weighted by molar-refractivity contribution is 14.1. The maximum absolute atomic E-state index is 13.2. The number of halogens is 3. The Morgan fingerprint density at radius 3 is 1.78 bits per heavy atom. The van der Waals surface area contributed by atoms with E-state index in [1.165, 1.54) is 14.7 Å². The molecular formula is C36H30F2IO6S+. The number of hydrogen-bond donors (Lipinski definition) is 0. The third kappa shape index (κ3) is 6.69. The number of benzene rings is 4. The molecule has 46 heavy (non-hydrogen) atoms. The second kappa shape index (κ2) is 13.5. The van der Waals surface area contributed by atoms with Gasteiger partial charge in [0.25, 0.3) is 0 Å². The van der Waals surface area contributed by atoms with Crippen LogP contribution in [0.4, 0.5) is 8.78 Å². The average molecular weight is 756 g/mol. The molecule has 2 bridgehead atoms. The molecule has 0 radical (unpaired) electrons. The molecule has 0 amide bonds. The lowest BCUT2D eigenvalue weighted by molar-refractivity contribution is -0.185. The summed E-state index contributed by atoms with van der Waals surface area (Å²) in [6.45, 7) is 0.439. The third-order valence-corrected chi connectivity index (χ3v) is 11.3. The van der Waals surface area contributed by atoms with Crippen molar-refractivity contribution in [2.24, 2.45) is 23.7 Å². The van der Waals surface area contributed by atoms with E-state index < -0.39 is 53.8 Å². The first-order valence-corrected chi connectivity index (χ1v) is 17.1. The maximum atomic E-state index is 13.2. The lowest BCUT2D eigenvalue weighted by Gasteiger charge is -2.30. The Hall–Kier alpha value is -3.77. The smallest absolute Gasteiger partial charge is 0.377 e. The van der Waals surface area contributed by atoms with Gasteiger partial charge in [-0.05, 0) is 89.7 Å². The highest BCUT2D eigenvalue weighted by Gasteiger charge is 2.70. The van der Waals surface area contributed by atoms with Gasteiger partial charge >= 0.3 is 23.8 Å². The third-order valence-electron chi connectivity index (χ3n) is 8.39. The molecule has 7 rings (SSSR count). The number of hydrogen-bond acceptors (Lipinski definition) is 6. The van der Waals surface area contributed by atoms with E-state index in [4.69, 9.17) is 14.2 Å². The maximum Gasteiger partial charge on any atom is 0.377 e. The zero-order chi connectivity index (χ0) is 32.4. The summed E-state index contributed by atoms with van der Waals surface area (Å²) in [4.78, 5) is 40.7. The van der Waals surface area contributed by atoms with E-state index >= 15 is 0 Å². The average Bonchev–Trinajstić information content (AvgIpc) is 3.68. The summed E-state index contributed by atoms with van der Waals surface area (Å²) in [6.07, 6.45) is -1.45. The van der Waals surface area contributed by atoms with Crippen LogP contribution in [-0.4, -0.2) is 36.0 Å². The molecule has 4 aromatic rings. The van der Waals surface area contributed by atoms with E-state index in [-0.39, 0.29) is 16.8 Å². The zero-order valence-corrected chi connectivity index (χ0v) is 27.6. The number of carbonyl (C=O) groups excluding carboxylic acids is 3. The van der Waals surface area contributed by atoms with Crippen LogP contribution >= 0.6 is 22.6 Å². The fourth-order valence-corrected chi connectivity index (χ4v) is 8.92. The molecule has 10 heteroatoms. The lowest BCUT2D eigenvalue weighted by atomic mass is 9.78. The van der Waals surface area contributed by atoms with Gasteiger partial charge in [0.2, 0.25) is 0 Å². The second-order valence-electron chi connectivity index (χ2n) is 11.4. The van der Waals surface area contributed by atoms with Gasteiger partial charge in [0, 0.05) is 22.3 Å². The molecule has 2 saturated carbocycles. The van der Waals surface area contributed by atoms with Gasteiger partial charge in [-0.25, -0.2) is 4.79 Å². The summed E-state index contributed by atoms with van der Waals surface area (Å²) >= 11 is 2.11. The van der Waals surface area contributed by atoms with E-state index in [0.29, 0.717) is 19.1 Å². The molecule has 1 heterocycles. The molecule has 6 atom stereocenters. The van der Waals surface area contributed by atoms with Crippen LogP contribution in [0.25, 0.3) is 0 Å². The largest absolute Gasteiger partial charge is 0.458 e. The minimum Gasteiger partial charge on any atom is -0.458 e. The van der Waals surface area contributed by atoms with Gasteiger partial charge in [-0.1, -0.05) is 54.6 Å². The Balaban J connectivity index is 0.000000172. The van der Waals surface area contributed by atoms with Gasteiger partial charge in [-0.15, -0.1) is 0 Å². The second-order valence-corrected chi connectivity index (χ2v) is 14.7. The minimum atomic E-state index is -3.67. The minimum absolute atomic E-state index is 0.0146. The van der Waals surface area contributed by atoms with Crippen LogP contribution in [0.2, 0.25) is 0 Å². The van der Waals surface area contributed by atoms with Crippen molar-refractivity contribution in [1.29, 1.82) is 0 Å². The van der Waals surface area contributed by atoms with Crippen LogP contribution in [0, 0.1) is 27.2 Å². The number of alkyl halides is 2.